The molecule has 0 saturated carbocycles. The van der Waals surface area contributed by atoms with Crippen molar-refractivity contribution in [1.82, 2.24) is 14.9 Å². The molecule has 0 radical (unpaired) electrons. The summed E-state index contributed by atoms with van der Waals surface area (Å²) in [6, 6.07) is 11.5. The maximum Gasteiger partial charge on any atom is 0.259 e. The van der Waals surface area contributed by atoms with Crippen molar-refractivity contribution < 1.29 is 9.53 Å². The molecule has 0 spiro atoms. The zero-order valence-corrected chi connectivity index (χ0v) is 19.4. The molecule has 164 valence electrons. The number of amides is 1. The fourth-order valence-corrected chi connectivity index (χ4v) is 3.86. The summed E-state index contributed by atoms with van der Waals surface area (Å²) in [5, 5.41) is 8.66. The van der Waals surface area contributed by atoms with E-state index in [2.05, 4.69) is 39.3 Å². The Hall–Kier alpha value is -2.97. The highest BCUT2D eigenvalue weighted by atomic mass is 32.1. The Kier molecular flexibility index (Phi) is 7.25. The molecule has 2 N–H and O–H groups in total. The molecule has 1 amide bonds. The van der Waals surface area contributed by atoms with E-state index in [1.807, 2.05) is 49.8 Å². The van der Waals surface area contributed by atoms with E-state index in [0.29, 0.717) is 10.7 Å². The molecule has 0 fully saturated rings. The number of methoxy groups -OCH3 is 1. The number of hydrogen-bond donors (Lipinski definition) is 2. The molecule has 0 bridgehead atoms. The van der Waals surface area contributed by atoms with Gasteiger partial charge in [-0.25, -0.2) is 9.97 Å². The first-order valence-electron chi connectivity index (χ1n) is 10.1. The Balaban J connectivity index is 1.64. The third-order valence-corrected chi connectivity index (χ3v) is 5.83. The van der Waals surface area contributed by atoms with Gasteiger partial charge in [0.2, 0.25) is 0 Å². The lowest BCUT2D eigenvalue weighted by Gasteiger charge is -2.23. The van der Waals surface area contributed by atoms with Gasteiger partial charge in [-0.3, -0.25) is 10.1 Å². The van der Waals surface area contributed by atoms with Crippen LogP contribution in [0.1, 0.15) is 35.5 Å². The summed E-state index contributed by atoms with van der Waals surface area (Å²) < 4.78 is 5.24. The lowest BCUT2D eigenvalue weighted by Crippen LogP contribution is -2.21. The van der Waals surface area contributed by atoms with Crippen molar-refractivity contribution in [2.45, 2.75) is 19.3 Å². The number of likely N-dealkylation sites (N-methyl/N-ethyl adjacent to an activating group) is 1. The normalized spacial score (nSPS) is 11.4. The van der Waals surface area contributed by atoms with E-state index in [9.17, 15) is 4.79 Å². The van der Waals surface area contributed by atoms with Crippen LogP contribution in [-0.4, -0.2) is 55.1 Å². The SMILES string of the molecule is COc1ccc(C(C)(C)c2csc(NC(=O)c3ccc(NCCN(C)C)nc3)n2)cc1. The fraction of sp³-hybridized carbons (Fsp3) is 0.348. The van der Waals surface area contributed by atoms with Gasteiger partial charge in [-0.2, -0.15) is 0 Å². The number of anilines is 2. The molecular weight excluding hydrogens is 410 g/mol. The van der Waals surface area contributed by atoms with Gasteiger partial charge in [0.05, 0.1) is 18.4 Å². The molecule has 2 aromatic heterocycles. The van der Waals surface area contributed by atoms with Crippen LogP contribution in [0.25, 0.3) is 0 Å². The highest BCUT2D eigenvalue weighted by Crippen LogP contribution is 2.34. The van der Waals surface area contributed by atoms with E-state index in [1.165, 1.54) is 11.3 Å². The Bertz CT molecular complexity index is 998. The summed E-state index contributed by atoms with van der Waals surface area (Å²) >= 11 is 1.41. The summed E-state index contributed by atoms with van der Waals surface area (Å²) in [7, 11) is 5.69. The number of rotatable bonds is 9. The van der Waals surface area contributed by atoms with E-state index in [1.54, 1.807) is 19.4 Å². The Morgan fingerprint density at radius 1 is 1.16 bits per heavy atom. The molecule has 0 atom stereocenters. The van der Waals surface area contributed by atoms with Gasteiger partial charge in [-0.15, -0.1) is 11.3 Å². The predicted molar refractivity (Wildman–Crippen MR) is 126 cm³/mol. The third-order valence-electron chi connectivity index (χ3n) is 5.07. The number of carbonyl (C=O) groups is 1. The number of pyridine rings is 1. The van der Waals surface area contributed by atoms with Crippen molar-refractivity contribution >= 4 is 28.2 Å². The molecule has 0 aliphatic rings. The van der Waals surface area contributed by atoms with Gasteiger partial charge >= 0.3 is 0 Å². The highest BCUT2D eigenvalue weighted by molar-refractivity contribution is 7.14. The third kappa shape index (κ3) is 5.80. The average Bonchev–Trinajstić information content (AvgIpc) is 3.23. The number of hydrogen-bond acceptors (Lipinski definition) is 7. The zero-order valence-electron chi connectivity index (χ0n) is 18.6. The van der Waals surface area contributed by atoms with Gasteiger partial charge in [-0.1, -0.05) is 26.0 Å². The van der Waals surface area contributed by atoms with Crippen LogP contribution >= 0.6 is 11.3 Å². The first-order chi connectivity index (χ1) is 14.8. The van der Waals surface area contributed by atoms with Crippen molar-refractivity contribution in [1.29, 1.82) is 0 Å². The van der Waals surface area contributed by atoms with Crippen molar-refractivity contribution in [3.8, 4) is 5.75 Å². The molecule has 0 saturated heterocycles. The molecule has 7 nitrogen and oxygen atoms in total. The van der Waals surface area contributed by atoms with Crippen molar-refractivity contribution in [2.75, 3.05) is 44.9 Å². The molecule has 3 rings (SSSR count). The summed E-state index contributed by atoms with van der Waals surface area (Å²) in [6.45, 7) is 5.92. The van der Waals surface area contributed by atoms with Gasteiger partial charge in [0, 0.05) is 30.1 Å². The van der Waals surface area contributed by atoms with Crippen molar-refractivity contribution in [3.63, 3.8) is 0 Å². The number of benzene rings is 1. The van der Waals surface area contributed by atoms with E-state index >= 15 is 0 Å². The lowest BCUT2D eigenvalue weighted by atomic mass is 9.82. The number of thiazole rings is 1. The maximum absolute atomic E-state index is 12.6. The predicted octanol–water partition coefficient (Wildman–Crippen LogP) is 4.10. The molecular formula is C23H29N5O2S. The summed E-state index contributed by atoms with van der Waals surface area (Å²) in [5.74, 6) is 1.34. The number of ether oxygens (including phenoxy) is 1. The topological polar surface area (TPSA) is 79.4 Å². The minimum absolute atomic E-state index is 0.226. The minimum atomic E-state index is -0.298. The average molecular weight is 440 g/mol. The number of nitrogens with one attached hydrogen (secondary N) is 2. The van der Waals surface area contributed by atoms with Crippen LogP contribution < -0.4 is 15.4 Å². The fourth-order valence-electron chi connectivity index (χ4n) is 2.98. The summed E-state index contributed by atoms with van der Waals surface area (Å²) in [5.41, 5.74) is 2.21. The number of nitrogens with zero attached hydrogens (tertiary/aromatic N) is 3. The van der Waals surface area contributed by atoms with E-state index in [0.717, 1.165) is 35.9 Å². The second-order valence-electron chi connectivity index (χ2n) is 8.01. The van der Waals surface area contributed by atoms with E-state index < -0.39 is 0 Å². The summed E-state index contributed by atoms with van der Waals surface area (Å²) in [4.78, 5) is 23.7. The molecule has 1 aromatic carbocycles. The zero-order chi connectivity index (χ0) is 22.4. The van der Waals surface area contributed by atoms with Crippen LogP contribution in [0.15, 0.2) is 48.0 Å². The van der Waals surface area contributed by atoms with Crippen molar-refractivity contribution in [2.24, 2.45) is 0 Å². The molecule has 0 aliphatic heterocycles. The first kappa shape index (κ1) is 22.7. The molecule has 0 unspecified atom stereocenters. The van der Waals surface area contributed by atoms with E-state index in [-0.39, 0.29) is 11.3 Å². The molecule has 8 heteroatoms. The van der Waals surface area contributed by atoms with Gasteiger partial charge in [0.25, 0.3) is 5.91 Å². The van der Waals surface area contributed by atoms with Crippen LogP contribution in [0.3, 0.4) is 0 Å². The molecule has 31 heavy (non-hydrogen) atoms. The van der Waals surface area contributed by atoms with E-state index in [4.69, 9.17) is 4.74 Å². The Morgan fingerprint density at radius 3 is 2.52 bits per heavy atom. The van der Waals surface area contributed by atoms with Gasteiger partial charge in [0.1, 0.15) is 11.6 Å². The number of carbonyl (C=O) groups excluding carboxylic acids is 1. The molecule has 0 aliphatic carbocycles. The second-order valence-corrected chi connectivity index (χ2v) is 8.87. The van der Waals surface area contributed by atoms with Gasteiger partial charge in [0.15, 0.2) is 5.13 Å². The van der Waals surface area contributed by atoms with Crippen molar-refractivity contribution in [3.05, 3.63) is 64.8 Å². The van der Waals surface area contributed by atoms with Crippen LogP contribution in [-0.2, 0) is 5.41 Å². The van der Waals surface area contributed by atoms with Crippen LogP contribution in [0, 0.1) is 0 Å². The maximum atomic E-state index is 12.6. The minimum Gasteiger partial charge on any atom is -0.497 e. The Morgan fingerprint density at radius 2 is 1.90 bits per heavy atom. The summed E-state index contributed by atoms with van der Waals surface area (Å²) in [6.07, 6.45) is 1.57. The monoisotopic (exact) mass is 439 g/mol. The molecule has 3 aromatic rings. The van der Waals surface area contributed by atoms with Gasteiger partial charge in [-0.05, 0) is 43.9 Å². The smallest absolute Gasteiger partial charge is 0.259 e. The number of aromatic nitrogens is 2. The van der Waals surface area contributed by atoms with Crippen LogP contribution in [0.4, 0.5) is 10.9 Å². The quantitative estimate of drug-likeness (QED) is 0.523. The standard InChI is InChI=1S/C23H29N5O2S/c1-23(2,17-7-9-18(30-5)10-8-17)19-15-31-22(26-19)27-21(29)16-6-11-20(25-14-16)24-12-13-28(3)4/h6-11,14-15H,12-13H2,1-5H3,(H,24,25)(H,26,27,29). The van der Waals surface area contributed by atoms with Gasteiger partial charge < -0.3 is 15.0 Å². The first-order valence-corrected chi connectivity index (χ1v) is 10.9. The second kappa shape index (κ2) is 9.89. The van der Waals surface area contributed by atoms with Crippen LogP contribution in [0.2, 0.25) is 0 Å². The highest BCUT2D eigenvalue weighted by Gasteiger charge is 2.26. The molecule has 2 heterocycles. The largest absolute Gasteiger partial charge is 0.497 e. The van der Waals surface area contributed by atoms with Crippen LogP contribution in [0.5, 0.6) is 5.75 Å². The lowest BCUT2D eigenvalue weighted by molar-refractivity contribution is 0.102. The Labute approximate surface area is 187 Å².